The number of benzene rings is 2. The van der Waals surface area contributed by atoms with Crippen molar-refractivity contribution in [1.82, 2.24) is 15.5 Å². The molecule has 1 N–H and O–H groups in total. The van der Waals surface area contributed by atoms with Gasteiger partial charge in [-0.2, -0.15) is 0 Å². The molecule has 1 heterocycles. The summed E-state index contributed by atoms with van der Waals surface area (Å²) in [6.07, 6.45) is 0. The topological polar surface area (TPSA) is 51.0 Å². The molecule has 0 spiro atoms. The number of nitrogens with zero attached hydrogens (tertiary/aromatic N) is 2. The van der Waals surface area contributed by atoms with Gasteiger partial charge < -0.3 is 9.73 Å². The predicted octanol–water partition coefficient (Wildman–Crippen LogP) is 4.55. The Morgan fingerprint density at radius 1 is 1.09 bits per heavy atom. The van der Waals surface area contributed by atoms with Gasteiger partial charge in [0.25, 0.3) is 0 Å². The van der Waals surface area contributed by atoms with Gasteiger partial charge in [-0.15, -0.1) is 10.2 Å². The highest BCUT2D eigenvalue weighted by Gasteiger charge is 2.12. The Kier molecular flexibility index (Phi) is 4.74. The van der Waals surface area contributed by atoms with E-state index in [1.807, 2.05) is 55.5 Å². The molecular formula is C18H18ClN3O. The lowest BCUT2D eigenvalue weighted by molar-refractivity contribution is 0.454. The lowest BCUT2D eigenvalue weighted by Crippen LogP contribution is -2.18. The largest absolute Gasteiger partial charge is 0.419 e. The average molecular weight is 328 g/mol. The lowest BCUT2D eigenvalue weighted by Gasteiger charge is -2.14. The molecule has 0 radical (unpaired) electrons. The van der Waals surface area contributed by atoms with E-state index in [1.165, 1.54) is 5.56 Å². The first-order valence-corrected chi connectivity index (χ1v) is 7.88. The van der Waals surface area contributed by atoms with Crippen LogP contribution in [-0.2, 0) is 6.54 Å². The van der Waals surface area contributed by atoms with Crippen molar-refractivity contribution in [3.8, 4) is 11.5 Å². The zero-order valence-corrected chi connectivity index (χ0v) is 13.8. The molecule has 0 fully saturated rings. The maximum Gasteiger partial charge on any atom is 0.247 e. The number of nitrogens with one attached hydrogen (secondary N) is 1. The molecule has 23 heavy (non-hydrogen) atoms. The van der Waals surface area contributed by atoms with Crippen LogP contribution in [0.1, 0.15) is 30.0 Å². The molecule has 3 aromatic rings. The number of hydrogen-bond acceptors (Lipinski definition) is 4. The molecule has 5 heteroatoms. The first-order chi connectivity index (χ1) is 11.1. The molecule has 4 nitrogen and oxygen atoms in total. The van der Waals surface area contributed by atoms with Crippen molar-refractivity contribution in [2.75, 3.05) is 0 Å². The van der Waals surface area contributed by atoms with Crippen molar-refractivity contribution in [1.29, 1.82) is 0 Å². The van der Waals surface area contributed by atoms with E-state index >= 15 is 0 Å². The number of halogens is 1. The molecular weight excluding hydrogens is 310 g/mol. The Morgan fingerprint density at radius 3 is 2.57 bits per heavy atom. The summed E-state index contributed by atoms with van der Waals surface area (Å²) in [6, 6.07) is 15.9. The van der Waals surface area contributed by atoms with E-state index < -0.39 is 0 Å². The number of hydrogen-bond donors (Lipinski definition) is 1. The highest BCUT2D eigenvalue weighted by Crippen LogP contribution is 2.23. The van der Waals surface area contributed by atoms with Crippen LogP contribution in [0.2, 0.25) is 5.02 Å². The predicted molar refractivity (Wildman–Crippen MR) is 91.2 cm³/mol. The van der Waals surface area contributed by atoms with Crippen LogP contribution in [0.5, 0.6) is 0 Å². The minimum Gasteiger partial charge on any atom is -0.419 e. The van der Waals surface area contributed by atoms with Gasteiger partial charge in [-0.1, -0.05) is 47.5 Å². The quantitative estimate of drug-likeness (QED) is 0.747. The molecule has 118 valence electrons. The van der Waals surface area contributed by atoms with E-state index in [-0.39, 0.29) is 6.04 Å². The highest BCUT2D eigenvalue weighted by atomic mass is 35.5. The molecule has 0 aliphatic carbocycles. The zero-order valence-electron chi connectivity index (χ0n) is 13.1. The van der Waals surface area contributed by atoms with Gasteiger partial charge in [-0.3, -0.25) is 0 Å². The third kappa shape index (κ3) is 3.78. The van der Waals surface area contributed by atoms with E-state index in [0.29, 0.717) is 18.3 Å². The lowest BCUT2D eigenvalue weighted by atomic mass is 10.1. The van der Waals surface area contributed by atoms with E-state index in [0.717, 1.165) is 16.1 Å². The Morgan fingerprint density at radius 2 is 1.83 bits per heavy atom. The van der Waals surface area contributed by atoms with Crippen LogP contribution in [0, 0.1) is 6.92 Å². The van der Waals surface area contributed by atoms with Gasteiger partial charge in [0.15, 0.2) is 0 Å². The molecule has 1 aromatic heterocycles. The minimum atomic E-state index is 0.0958. The fourth-order valence-corrected chi connectivity index (χ4v) is 2.61. The first-order valence-electron chi connectivity index (χ1n) is 7.50. The zero-order chi connectivity index (χ0) is 16.2. The summed E-state index contributed by atoms with van der Waals surface area (Å²) < 4.78 is 5.71. The number of aromatic nitrogens is 2. The van der Waals surface area contributed by atoms with Crippen molar-refractivity contribution in [2.24, 2.45) is 0 Å². The van der Waals surface area contributed by atoms with E-state index in [1.54, 1.807) is 0 Å². The fourth-order valence-electron chi connectivity index (χ4n) is 2.31. The third-order valence-corrected chi connectivity index (χ3v) is 4.04. The van der Waals surface area contributed by atoms with Gasteiger partial charge in [-0.25, -0.2) is 0 Å². The number of aryl methyl sites for hydroxylation is 1. The summed E-state index contributed by atoms with van der Waals surface area (Å²) in [5.41, 5.74) is 3.17. The summed E-state index contributed by atoms with van der Waals surface area (Å²) >= 11 is 6.21. The number of rotatable bonds is 5. The standard InChI is InChI=1S/C18H18ClN3O/c1-12-7-9-14(10-8-12)18-22-21-17(23-18)11-20-13(2)15-5-3-4-6-16(15)19/h3-10,13,20H,11H2,1-2H3. The van der Waals surface area contributed by atoms with Crippen molar-refractivity contribution < 1.29 is 4.42 Å². The van der Waals surface area contributed by atoms with Crippen molar-refractivity contribution >= 4 is 11.6 Å². The van der Waals surface area contributed by atoms with Crippen LogP contribution in [0.15, 0.2) is 52.9 Å². The summed E-state index contributed by atoms with van der Waals surface area (Å²) in [6.45, 7) is 4.59. The third-order valence-electron chi connectivity index (χ3n) is 3.70. The highest BCUT2D eigenvalue weighted by molar-refractivity contribution is 6.31. The van der Waals surface area contributed by atoms with Gasteiger partial charge in [0.05, 0.1) is 6.54 Å². The Hall–Kier alpha value is -2.17. The minimum absolute atomic E-state index is 0.0958. The summed E-state index contributed by atoms with van der Waals surface area (Å²) in [5.74, 6) is 1.09. The van der Waals surface area contributed by atoms with Crippen LogP contribution in [-0.4, -0.2) is 10.2 Å². The fraction of sp³-hybridized carbons (Fsp3) is 0.222. The molecule has 0 aliphatic heterocycles. The molecule has 1 atom stereocenters. The molecule has 3 rings (SSSR count). The van der Waals surface area contributed by atoms with Gasteiger partial charge in [-0.05, 0) is 37.6 Å². The molecule has 0 amide bonds. The normalized spacial score (nSPS) is 12.3. The summed E-state index contributed by atoms with van der Waals surface area (Å²) in [4.78, 5) is 0. The second-order valence-corrected chi connectivity index (χ2v) is 5.90. The molecule has 0 saturated carbocycles. The van der Waals surface area contributed by atoms with Crippen molar-refractivity contribution in [3.63, 3.8) is 0 Å². The van der Waals surface area contributed by atoms with E-state index in [9.17, 15) is 0 Å². The van der Waals surface area contributed by atoms with Gasteiger partial charge in [0.2, 0.25) is 11.8 Å². The monoisotopic (exact) mass is 327 g/mol. The molecule has 0 saturated heterocycles. The van der Waals surface area contributed by atoms with Gasteiger partial charge in [0, 0.05) is 16.6 Å². The van der Waals surface area contributed by atoms with Crippen LogP contribution in [0.3, 0.4) is 0 Å². The molecule has 2 aromatic carbocycles. The second kappa shape index (κ2) is 6.94. The van der Waals surface area contributed by atoms with E-state index in [2.05, 4.69) is 22.4 Å². The molecule has 0 aliphatic rings. The van der Waals surface area contributed by atoms with Crippen LogP contribution in [0.4, 0.5) is 0 Å². The van der Waals surface area contributed by atoms with Crippen LogP contribution in [0.25, 0.3) is 11.5 Å². The Labute approximate surface area is 140 Å². The van der Waals surface area contributed by atoms with Gasteiger partial charge in [0.1, 0.15) is 0 Å². The maximum atomic E-state index is 6.21. The summed E-state index contributed by atoms with van der Waals surface area (Å²) in [5, 5.41) is 12.3. The summed E-state index contributed by atoms with van der Waals surface area (Å²) in [7, 11) is 0. The van der Waals surface area contributed by atoms with Crippen LogP contribution >= 0.6 is 11.6 Å². The second-order valence-electron chi connectivity index (χ2n) is 5.49. The molecule has 1 unspecified atom stereocenters. The van der Waals surface area contributed by atoms with Gasteiger partial charge >= 0.3 is 0 Å². The smallest absolute Gasteiger partial charge is 0.247 e. The Bertz CT molecular complexity index is 783. The van der Waals surface area contributed by atoms with Crippen LogP contribution < -0.4 is 5.32 Å². The average Bonchev–Trinajstić information content (AvgIpc) is 3.03. The maximum absolute atomic E-state index is 6.21. The van der Waals surface area contributed by atoms with E-state index in [4.69, 9.17) is 16.0 Å². The SMILES string of the molecule is Cc1ccc(-c2nnc(CNC(C)c3ccccc3Cl)o2)cc1. The van der Waals surface area contributed by atoms with Crippen molar-refractivity contribution in [2.45, 2.75) is 26.4 Å². The van der Waals surface area contributed by atoms with Crippen molar-refractivity contribution in [3.05, 3.63) is 70.6 Å². The Balaban J connectivity index is 1.65. The first kappa shape index (κ1) is 15.7. The molecule has 0 bridgehead atoms.